The molecular formula is C11H24N2O. The van der Waals surface area contributed by atoms with Crippen LogP contribution in [-0.4, -0.2) is 37.0 Å². The molecule has 0 spiro atoms. The Morgan fingerprint density at radius 1 is 1.29 bits per heavy atom. The van der Waals surface area contributed by atoms with Crippen LogP contribution in [0.3, 0.4) is 0 Å². The predicted octanol–water partition coefficient (Wildman–Crippen LogP) is 1.49. The minimum atomic E-state index is 0.0534. The van der Waals surface area contributed by atoms with E-state index >= 15 is 0 Å². The zero-order valence-electron chi connectivity index (χ0n) is 10.2. The molecule has 0 bridgehead atoms. The zero-order chi connectivity index (χ0) is 11.2. The number of carbonyl (C=O) groups excluding carboxylic acids is 1. The number of rotatable bonds is 6. The van der Waals surface area contributed by atoms with E-state index in [1.807, 2.05) is 0 Å². The highest BCUT2D eigenvalue weighted by atomic mass is 16.1. The van der Waals surface area contributed by atoms with E-state index in [-0.39, 0.29) is 11.3 Å². The molecule has 1 N–H and O–H groups in total. The minimum absolute atomic E-state index is 0.0534. The molecule has 1 amide bonds. The molecule has 0 aliphatic heterocycles. The van der Waals surface area contributed by atoms with Crippen molar-refractivity contribution in [1.29, 1.82) is 0 Å². The standard InChI is InChI=1S/C11H24N2O/c1-6-13(7-2)9-11(4,5)8-12-10(3)14/h6-9H2,1-5H3,(H,12,14). The largest absolute Gasteiger partial charge is 0.356 e. The van der Waals surface area contributed by atoms with Gasteiger partial charge in [0.15, 0.2) is 0 Å². The Morgan fingerprint density at radius 2 is 1.79 bits per heavy atom. The summed E-state index contributed by atoms with van der Waals surface area (Å²) in [7, 11) is 0. The summed E-state index contributed by atoms with van der Waals surface area (Å²) in [4.78, 5) is 13.2. The van der Waals surface area contributed by atoms with Crippen LogP contribution in [0.2, 0.25) is 0 Å². The maximum atomic E-state index is 10.8. The Morgan fingerprint density at radius 3 is 2.14 bits per heavy atom. The summed E-state index contributed by atoms with van der Waals surface area (Å²) in [5, 5.41) is 2.87. The molecule has 0 aromatic heterocycles. The summed E-state index contributed by atoms with van der Waals surface area (Å²) in [6, 6.07) is 0. The van der Waals surface area contributed by atoms with E-state index in [1.54, 1.807) is 6.92 Å². The molecule has 0 aromatic rings. The van der Waals surface area contributed by atoms with Crippen molar-refractivity contribution in [2.45, 2.75) is 34.6 Å². The van der Waals surface area contributed by atoms with E-state index in [2.05, 4.69) is 37.9 Å². The lowest BCUT2D eigenvalue weighted by Gasteiger charge is -2.31. The molecule has 14 heavy (non-hydrogen) atoms. The average Bonchev–Trinajstić information content (AvgIpc) is 2.11. The van der Waals surface area contributed by atoms with E-state index in [0.717, 1.165) is 26.2 Å². The van der Waals surface area contributed by atoms with Crippen molar-refractivity contribution in [3.05, 3.63) is 0 Å². The molecule has 3 nitrogen and oxygen atoms in total. The fraction of sp³-hybridized carbons (Fsp3) is 0.909. The van der Waals surface area contributed by atoms with Gasteiger partial charge in [-0.25, -0.2) is 0 Å². The monoisotopic (exact) mass is 200 g/mol. The van der Waals surface area contributed by atoms with Gasteiger partial charge < -0.3 is 10.2 Å². The van der Waals surface area contributed by atoms with E-state index in [9.17, 15) is 4.79 Å². The lowest BCUT2D eigenvalue weighted by atomic mass is 9.92. The summed E-state index contributed by atoms with van der Waals surface area (Å²) >= 11 is 0. The molecular weight excluding hydrogens is 176 g/mol. The van der Waals surface area contributed by atoms with Gasteiger partial charge >= 0.3 is 0 Å². The molecule has 3 heteroatoms. The van der Waals surface area contributed by atoms with Crippen molar-refractivity contribution in [2.75, 3.05) is 26.2 Å². The summed E-state index contributed by atoms with van der Waals surface area (Å²) < 4.78 is 0. The van der Waals surface area contributed by atoms with Gasteiger partial charge in [0, 0.05) is 20.0 Å². The second-order valence-corrected chi connectivity index (χ2v) is 4.54. The average molecular weight is 200 g/mol. The van der Waals surface area contributed by atoms with E-state index in [1.165, 1.54) is 0 Å². The first-order chi connectivity index (χ1) is 6.41. The van der Waals surface area contributed by atoms with Gasteiger partial charge in [-0.15, -0.1) is 0 Å². The predicted molar refractivity (Wildman–Crippen MR) is 60.3 cm³/mol. The van der Waals surface area contributed by atoms with Gasteiger partial charge in [-0.2, -0.15) is 0 Å². The van der Waals surface area contributed by atoms with Gasteiger partial charge in [-0.3, -0.25) is 4.79 Å². The van der Waals surface area contributed by atoms with Crippen LogP contribution in [0.25, 0.3) is 0 Å². The van der Waals surface area contributed by atoms with Crippen molar-refractivity contribution in [3.63, 3.8) is 0 Å². The Kier molecular flexibility index (Phi) is 5.77. The van der Waals surface area contributed by atoms with Crippen molar-refractivity contribution >= 4 is 5.91 Å². The Balaban J connectivity index is 3.97. The minimum Gasteiger partial charge on any atom is -0.356 e. The van der Waals surface area contributed by atoms with Crippen LogP contribution in [0.4, 0.5) is 0 Å². The number of nitrogens with one attached hydrogen (secondary N) is 1. The highest BCUT2D eigenvalue weighted by Gasteiger charge is 2.20. The normalized spacial score (nSPS) is 11.9. The highest BCUT2D eigenvalue weighted by molar-refractivity contribution is 5.72. The molecule has 0 saturated heterocycles. The summed E-state index contributed by atoms with van der Waals surface area (Å²) in [5.41, 5.74) is 0.150. The van der Waals surface area contributed by atoms with E-state index < -0.39 is 0 Å². The number of nitrogens with zero attached hydrogens (tertiary/aromatic N) is 1. The van der Waals surface area contributed by atoms with Crippen molar-refractivity contribution in [2.24, 2.45) is 5.41 Å². The molecule has 0 rings (SSSR count). The molecule has 0 aliphatic rings. The Bertz CT molecular complexity index is 174. The number of hydrogen-bond donors (Lipinski definition) is 1. The van der Waals surface area contributed by atoms with Gasteiger partial charge in [0.25, 0.3) is 0 Å². The topological polar surface area (TPSA) is 32.3 Å². The first-order valence-electron chi connectivity index (χ1n) is 5.38. The summed E-state index contributed by atoms with van der Waals surface area (Å²) in [6.45, 7) is 14.2. The SMILES string of the molecule is CCN(CC)CC(C)(C)CNC(C)=O. The molecule has 0 saturated carbocycles. The summed E-state index contributed by atoms with van der Waals surface area (Å²) in [5.74, 6) is 0.0534. The van der Waals surface area contributed by atoms with Gasteiger partial charge in [-0.05, 0) is 18.5 Å². The fourth-order valence-corrected chi connectivity index (χ4v) is 1.47. The molecule has 0 radical (unpaired) electrons. The lowest BCUT2D eigenvalue weighted by molar-refractivity contribution is -0.119. The molecule has 0 fully saturated rings. The van der Waals surface area contributed by atoms with Gasteiger partial charge in [0.1, 0.15) is 0 Å². The number of amides is 1. The molecule has 0 aliphatic carbocycles. The second-order valence-electron chi connectivity index (χ2n) is 4.54. The highest BCUT2D eigenvalue weighted by Crippen LogP contribution is 2.15. The van der Waals surface area contributed by atoms with Gasteiger partial charge in [0.2, 0.25) is 5.91 Å². The van der Waals surface area contributed by atoms with E-state index in [0.29, 0.717) is 0 Å². The third-order valence-electron chi connectivity index (χ3n) is 2.36. The lowest BCUT2D eigenvalue weighted by Crippen LogP contribution is -2.41. The van der Waals surface area contributed by atoms with Crippen LogP contribution in [0, 0.1) is 5.41 Å². The molecule has 0 heterocycles. The second kappa shape index (κ2) is 6.02. The van der Waals surface area contributed by atoms with Crippen LogP contribution in [0.5, 0.6) is 0 Å². The van der Waals surface area contributed by atoms with Crippen LogP contribution >= 0.6 is 0 Å². The van der Waals surface area contributed by atoms with Crippen molar-refractivity contribution in [3.8, 4) is 0 Å². The van der Waals surface area contributed by atoms with Crippen LogP contribution in [0.1, 0.15) is 34.6 Å². The Hall–Kier alpha value is -0.570. The smallest absolute Gasteiger partial charge is 0.216 e. The maximum absolute atomic E-state index is 10.8. The summed E-state index contributed by atoms with van der Waals surface area (Å²) in [6.07, 6.45) is 0. The third kappa shape index (κ3) is 5.97. The quantitative estimate of drug-likeness (QED) is 0.704. The van der Waals surface area contributed by atoms with Crippen LogP contribution in [-0.2, 0) is 4.79 Å². The van der Waals surface area contributed by atoms with Crippen molar-refractivity contribution < 1.29 is 4.79 Å². The maximum Gasteiger partial charge on any atom is 0.216 e. The zero-order valence-corrected chi connectivity index (χ0v) is 10.2. The molecule has 0 atom stereocenters. The fourth-order valence-electron chi connectivity index (χ4n) is 1.47. The van der Waals surface area contributed by atoms with Gasteiger partial charge in [-0.1, -0.05) is 27.7 Å². The molecule has 0 unspecified atom stereocenters. The molecule has 84 valence electrons. The third-order valence-corrected chi connectivity index (χ3v) is 2.36. The number of carbonyl (C=O) groups is 1. The first-order valence-corrected chi connectivity index (χ1v) is 5.38. The van der Waals surface area contributed by atoms with Gasteiger partial charge in [0.05, 0.1) is 0 Å². The molecule has 0 aromatic carbocycles. The van der Waals surface area contributed by atoms with E-state index in [4.69, 9.17) is 0 Å². The van der Waals surface area contributed by atoms with Crippen LogP contribution in [0.15, 0.2) is 0 Å². The van der Waals surface area contributed by atoms with Crippen molar-refractivity contribution in [1.82, 2.24) is 10.2 Å². The number of hydrogen-bond acceptors (Lipinski definition) is 2. The van der Waals surface area contributed by atoms with Crippen LogP contribution < -0.4 is 5.32 Å². The first kappa shape index (κ1) is 13.4. The Labute approximate surface area is 87.9 Å².